The molecule has 0 saturated heterocycles. The van der Waals surface area contributed by atoms with E-state index in [4.69, 9.17) is 9.47 Å². The van der Waals surface area contributed by atoms with Crippen LogP contribution in [-0.4, -0.2) is 91.1 Å². The SMILES string of the molecule is Cc1ccc(S(=O)(=O)N(C)C[C@H]2OCCCC[C@@H](C)Oc3ccc(NC(=O)c4ccncc4)cc3C(=O)N([C@H](C)CO)C[C@@H]2C)cc1. The number of aromatic nitrogens is 1. The summed E-state index contributed by atoms with van der Waals surface area (Å²) in [7, 11) is -2.25. The van der Waals surface area contributed by atoms with E-state index in [-0.39, 0.29) is 48.1 Å². The van der Waals surface area contributed by atoms with Gasteiger partial charge in [0.15, 0.2) is 0 Å². The summed E-state index contributed by atoms with van der Waals surface area (Å²) >= 11 is 0. The number of sulfonamides is 1. The van der Waals surface area contributed by atoms with E-state index in [1.807, 2.05) is 20.8 Å². The lowest BCUT2D eigenvalue weighted by molar-refractivity contribution is -0.00834. The maximum atomic E-state index is 14.3. The zero-order valence-electron chi connectivity index (χ0n) is 27.8. The van der Waals surface area contributed by atoms with Gasteiger partial charge in [-0.15, -0.1) is 0 Å². The number of amides is 2. The van der Waals surface area contributed by atoms with Gasteiger partial charge in [0.25, 0.3) is 11.8 Å². The predicted molar refractivity (Wildman–Crippen MR) is 180 cm³/mol. The molecule has 2 heterocycles. The largest absolute Gasteiger partial charge is 0.490 e. The predicted octanol–water partition coefficient (Wildman–Crippen LogP) is 4.76. The number of benzene rings is 2. The summed E-state index contributed by atoms with van der Waals surface area (Å²) < 4.78 is 40.8. The lowest BCUT2D eigenvalue weighted by Crippen LogP contribution is -2.48. The highest BCUT2D eigenvalue weighted by atomic mass is 32.2. The van der Waals surface area contributed by atoms with E-state index in [1.54, 1.807) is 66.4 Å². The van der Waals surface area contributed by atoms with Crippen LogP contribution < -0.4 is 10.1 Å². The van der Waals surface area contributed by atoms with Gasteiger partial charge in [-0.3, -0.25) is 14.6 Å². The molecule has 0 unspecified atom stereocenters. The number of carbonyl (C=O) groups is 2. The molecule has 0 aliphatic carbocycles. The Balaban J connectivity index is 1.65. The zero-order valence-corrected chi connectivity index (χ0v) is 28.6. The van der Waals surface area contributed by atoms with Crippen LogP contribution in [0.1, 0.15) is 66.3 Å². The van der Waals surface area contributed by atoms with Gasteiger partial charge in [-0.2, -0.15) is 4.31 Å². The summed E-state index contributed by atoms with van der Waals surface area (Å²) in [5.41, 5.74) is 2.03. The van der Waals surface area contributed by atoms with Crippen molar-refractivity contribution in [1.82, 2.24) is 14.2 Å². The number of aliphatic hydroxyl groups is 1. The molecule has 0 spiro atoms. The molecule has 47 heavy (non-hydrogen) atoms. The van der Waals surface area contributed by atoms with Crippen LogP contribution in [0.2, 0.25) is 0 Å². The molecule has 254 valence electrons. The molecule has 0 saturated carbocycles. The summed E-state index contributed by atoms with van der Waals surface area (Å²) in [6.07, 6.45) is 4.55. The molecule has 2 amide bonds. The Morgan fingerprint density at radius 3 is 2.49 bits per heavy atom. The molecule has 4 atom stereocenters. The first kappa shape index (κ1) is 36.0. The average Bonchev–Trinajstić information content (AvgIpc) is 3.06. The van der Waals surface area contributed by atoms with E-state index in [2.05, 4.69) is 10.3 Å². The van der Waals surface area contributed by atoms with Crippen molar-refractivity contribution in [1.29, 1.82) is 0 Å². The molecule has 1 aliphatic rings. The second-order valence-electron chi connectivity index (χ2n) is 12.3. The molecule has 2 N–H and O–H groups in total. The minimum atomic E-state index is -3.79. The maximum Gasteiger partial charge on any atom is 0.258 e. The molecule has 11 nitrogen and oxygen atoms in total. The van der Waals surface area contributed by atoms with Crippen LogP contribution in [0.5, 0.6) is 5.75 Å². The second kappa shape index (κ2) is 16.3. The lowest BCUT2D eigenvalue weighted by atomic mass is 10.0. The number of nitrogens with one attached hydrogen (secondary N) is 1. The Labute approximate surface area is 278 Å². The van der Waals surface area contributed by atoms with Crippen LogP contribution in [-0.2, 0) is 14.8 Å². The summed E-state index contributed by atoms with van der Waals surface area (Å²) in [6.45, 7) is 7.87. The first-order chi connectivity index (χ1) is 22.4. The van der Waals surface area contributed by atoms with Crippen molar-refractivity contribution in [2.75, 3.05) is 38.7 Å². The smallest absolute Gasteiger partial charge is 0.258 e. The molecule has 1 aromatic heterocycles. The number of aliphatic hydroxyl groups excluding tert-OH is 1. The number of likely N-dealkylation sites (N-methyl/N-ethyl adjacent to an activating group) is 1. The Hall–Kier alpha value is -3.84. The van der Waals surface area contributed by atoms with E-state index in [1.165, 1.54) is 23.7 Å². The summed E-state index contributed by atoms with van der Waals surface area (Å²) in [6, 6.07) is 14.3. The number of rotatable bonds is 8. The van der Waals surface area contributed by atoms with Crippen LogP contribution in [0, 0.1) is 12.8 Å². The fraction of sp³-hybridized carbons (Fsp3) is 0.457. The van der Waals surface area contributed by atoms with Crippen LogP contribution >= 0.6 is 0 Å². The molecule has 2 aromatic carbocycles. The maximum absolute atomic E-state index is 14.3. The normalized spacial score (nSPS) is 20.5. The summed E-state index contributed by atoms with van der Waals surface area (Å²) in [5.74, 6) is -0.684. The van der Waals surface area contributed by atoms with E-state index in [9.17, 15) is 23.1 Å². The third-order valence-corrected chi connectivity index (χ3v) is 10.3. The number of pyridine rings is 1. The number of hydrogen-bond acceptors (Lipinski definition) is 8. The van der Waals surface area contributed by atoms with Crippen LogP contribution in [0.15, 0.2) is 71.9 Å². The highest BCUT2D eigenvalue weighted by Gasteiger charge is 2.32. The van der Waals surface area contributed by atoms with Crippen molar-refractivity contribution >= 4 is 27.5 Å². The number of ether oxygens (including phenoxy) is 2. The van der Waals surface area contributed by atoms with E-state index in [0.29, 0.717) is 30.0 Å². The molecule has 4 rings (SSSR count). The Bertz CT molecular complexity index is 1600. The monoisotopic (exact) mass is 666 g/mol. The van der Waals surface area contributed by atoms with Crippen molar-refractivity contribution in [2.24, 2.45) is 5.92 Å². The van der Waals surface area contributed by atoms with Gasteiger partial charge in [-0.25, -0.2) is 8.42 Å². The summed E-state index contributed by atoms with van der Waals surface area (Å²) in [4.78, 5) is 32.9. The van der Waals surface area contributed by atoms with E-state index >= 15 is 0 Å². The number of anilines is 1. The number of fused-ring (bicyclic) bond motifs is 1. The first-order valence-corrected chi connectivity index (χ1v) is 17.4. The van der Waals surface area contributed by atoms with Gasteiger partial charge in [-0.1, -0.05) is 24.6 Å². The third-order valence-electron chi connectivity index (χ3n) is 8.42. The highest BCUT2D eigenvalue weighted by molar-refractivity contribution is 7.89. The molecule has 1 aliphatic heterocycles. The molecular formula is C35H46N4O7S. The van der Waals surface area contributed by atoms with Crippen LogP contribution in [0.25, 0.3) is 0 Å². The number of carbonyl (C=O) groups excluding carboxylic acids is 2. The van der Waals surface area contributed by atoms with E-state index in [0.717, 1.165) is 18.4 Å². The zero-order chi connectivity index (χ0) is 34.1. The van der Waals surface area contributed by atoms with Crippen molar-refractivity contribution in [3.8, 4) is 5.75 Å². The quantitative estimate of drug-likeness (QED) is 0.351. The van der Waals surface area contributed by atoms with Gasteiger partial charge in [0.1, 0.15) is 5.75 Å². The Kier molecular flexibility index (Phi) is 12.5. The third kappa shape index (κ3) is 9.38. The lowest BCUT2D eigenvalue weighted by Gasteiger charge is -2.35. The molecule has 0 fully saturated rings. The van der Waals surface area contributed by atoms with Crippen molar-refractivity contribution in [2.45, 2.75) is 70.1 Å². The van der Waals surface area contributed by atoms with Gasteiger partial charge in [0.05, 0.1) is 35.3 Å². The van der Waals surface area contributed by atoms with E-state index < -0.39 is 28.1 Å². The number of aryl methyl sites for hydroxylation is 1. The highest BCUT2D eigenvalue weighted by Crippen LogP contribution is 2.29. The van der Waals surface area contributed by atoms with Crippen molar-refractivity contribution in [3.05, 3.63) is 83.7 Å². The fourth-order valence-electron chi connectivity index (χ4n) is 5.41. The van der Waals surface area contributed by atoms with Crippen molar-refractivity contribution in [3.63, 3.8) is 0 Å². The van der Waals surface area contributed by atoms with Crippen molar-refractivity contribution < 1.29 is 32.6 Å². The summed E-state index contributed by atoms with van der Waals surface area (Å²) in [5, 5.41) is 13.1. The minimum Gasteiger partial charge on any atom is -0.490 e. The standard InChI is InChI=1S/C35H46N4O7S/c1-24-9-12-30(13-10-24)47(43,44)38(5)22-33-25(2)21-39(26(3)23-40)35(42)31-20-29(37-34(41)28-15-17-36-18-16-28)11-14-32(31)46-27(4)8-6-7-19-45-33/h9-18,20,25-27,33,40H,6-8,19,21-23H2,1-5H3,(H,37,41)/t25-,26+,27+,33+/m0/s1. The second-order valence-corrected chi connectivity index (χ2v) is 14.3. The molecule has 0 bridgehead atoms. The van der Waals surface area contributed by atoms with Gasteiger partial charge >= 0.3 is 0 Å². The fourth-order valence-corrected chi connectivity index (χ4v) is 6.59. The van der Waals surface area contributed by atoms with Gasteiger partial charge in [0.2, 0.25) is 10.0 Å². The van der Waals surface area contributed by atoms with Gasteiger partial charge < -0.3 is 24.8 Å². The number of hydrogen-bond donors (Lipinski definition) is 2. The van der Waals surface area contributed by atoms with Crippen LogP contribution in [0.4, 0.5) is 5.69 Å². The Morgan fingerprint density at radius 1 is 1.11 bits per heavy atom. The molecular weight excluding hydrogens is 620 g/mol. The number of nitrogens with zero attached hydrogens (tertiary/aromatic N) is 3. The topological polar surface area (TPSA) is 138 Å². The molecule has 12 heteroatoms. The minimum absolute atomic E-state index is 0.0776. The molecule has 0 radical (unpaired) electrons. The van der Waals surface area contributed by atoms with Crippen LogP contribution in [0.3, 0.4) is 0 Å². The molecule has 3 aromatic rings. The average molecular weight is 667 g/mol. The first-order valence-electron chi connectivity index (χ1n) is 16.0. The van der Waals surface area contributed by atoms with Gasteiger partial charge in [-0.05, 0) is 82.5 Å². The Morgan fingerprint density at radius 2 is 1.81 bits per heavy atom. The van der Waals surface area contributed by atoms with Gasteiger partial charge in [0, 0.05) is 56.3 Å².